The molecule has 1 aromatic heterocycles. The van der Waals surface area contributed by atoms with E-state index in [2.05, 4.69) is 43.5 Å². The van der Waals surface area contributed by atoms with Crippen LogP contribution in [0.5, 0.6) is 0 Å². The van der Waals surface area contributed by atoms with Gasteiger partial charge in [-0.25, -0.2) is 13.3 Å². The van der Waals surface area contributed by atoms with Gasteiger partial charge in [0, 0.05) is 12.8 Å². The molecule has 1 aliphatic rings. The highest BCUT2D eigenvalue weighted by Crippen LogP contribution is 2.45. The van der Waals surface area contributed by atoms with E-state index in [0.717, 1.165) is 27.9 Å². The van der Waals surface area contributed by atoms with E-state index in [1.54, 1.807) is 0 Å². The van der Waals surface area contributed by atoms with Crippen molar-refractivity contribution in [2.45, 2.75) is 51.9 Å². The second-order valence-electron chi connectivity index (χ2n) is 7.97. The second-order valence-corrected chi connectivity index (χ2v) is 7.97. The standard InChI is InChI=1S/C23H25F2N2/c1-14-10-15(2)16(3)19(11-14)22-26-13-20-18(6-5-7-21(20)27(22)4)17-8-9-23(24,25)12-17/h5-7,10-11,13,17H,8-9,12H2,1-4H3/q+1. The summed E-state index contributed by atoms with van der Waals surface area (Å²) in [6.07, 6.45) is 2.32. The van der Waals surface area contributed by atoms with Crippen LogP contribution in [0, 0.1) is 20.8 Å². The molecule has 1 aliphatic carbocycles. The van der Waals surface area contributed by atoms with Crippen LogP contribution in [0.25, 0.3) is 22.3 Å². The fourth-order valence-electron chi connectivity index (χ4n) is 4.42. The molecule has 1 unspecified atom stereocenters. The molecule has 3 aromatic rings. The molecule has 140 valence electrons. The number of halogens is 2. The molecule has 4 rings (SSSR count). The van der Waals surface area contributed by atoms with Crippen molar-refractivity contribution in [1.82, 2.24) is 4.98 Å². The molecule has 0 radical (unpaired) electrons. The molecule has 1 heterocycles. The van der Waals surface area contributed by atoms with E-state index in [1.165, 1.54) is 16.7 Å². The van der Waals surface area contributed by atoms with Crippen LogP contribution >= 0.6 is 0 Å². The topological polar surface area (TPSA) is 16.8 Å². The minimum Gasteiger partial charge on any atom is -0.226 e. The Balaban J connectivity index is 1.87. The van der Waals surface area contributed by atoms with Crippen LogP contribution in [0.15, 0.2) is 36.5 Å². The average Bonchev–Trinajstić information content (AvgIpc) is 2.98. The van der Waals surface area contributed by atoms with Gasteiger partial charge in [-0.15, -0.1) is 0 Å². The van der Waals surface area contributed by atoms with Gasteiger partial charge in [-0.3, -0.25) is 0 Å². The van der Waals surface area contributed by atoms with Crippen LogP contribution in [0.1, 0.15) is 47.4 Å². The molecule has 2 nitrogen and oxygen atoms in total. The molecule has 1 saturated carbocycles. The number of rotatable bonds is 2. The van der Waals surface area contributed by atoms with Crippen LogP contribution in [0.2, 0.25) is 0 Å². The van der Waals surface area contributed by atoms with Crippen molar-refractivity contribution in [3.8, 4) is 11.4 Å². The molecule has 0 bridgehead atoms. The van der Waals surface area contributed by atoms with E-state index in [-0.39, 0.29) is 18.8 Å². The normalized spacial score (nSPS) is 19.0. The zero-order valence-electron chi connectivity index (χ0n) is 16.3. The second kappa shape index (κ2) is 6.36. The predicted octanol–water partition coefficient (Wildman–Crippen LogP) is 5.55. The van der Waals surface area contributed by atoms with Gasteiger partial charge in [0.2, 0.25) is 5.92 Å². The Bertz CT molecular complexity index is 1040. The first kappa shape index (κ1) is 18.0. The van der Waals surface area contributed by atoms with Gasteiger partial charge in [0.25, 0.3) is 0 Å². The molecule has 0 spiro atoms. The number of hydrogen-bond acceptors (Lipinski definition) is 1. The highest BCUT2D eigenvalue weighted by Gasteiger charge is 2.40. The summed E-state index contributed by atoms with van der Waals surface area (Å²) in [5.74, 6) is -1.74. The third kappa shape index (κ3) is 3.11. The smallest absolute Gasteiger partial charge is 0.226 e. The summed E-state index contributed by atoms with van der Waals surface area (Å²) >= 11 is 0. The molecule has 27 heavy (non-hydrogen) atoms. The van der Waals surface area contributed by atoms with E-state index >= 15 is 0 Å². The van der Waals surface area contributed by atoms with Gasteiger partial charge in [0.15, 0.2) is 6.20 Å². The van der Waals surface area contributed by atoms with Crippen LogP contribution in [0.4, 0.5) is 8.78 Å². The average molecular weight is 367 g/mol. The molecule has 1 fully saturated rings. The van der Waals surface area contributed by atoms with Crippen molar-refractivity contribution < 1.29 is 13.3 Å². The van der Waals surface area contributed by atoms with Gasteiger partial charge in [0.05, 0.1) is 18.0 Å². The first-order valence-electron chi connectivity index (χ1n) is 9.50. The lowest BCUT2D eigenvalue weighted by molar-refractivity contribution is -0.636. The third-order valence-corrected chi connectivity index (χ3v) is 6.01. The van der Waals surface area contributed by atoms with Crippen molar-refractivity contribution in [3.63, 3.8) is 0 Å². The SMILES string of the molecule is Cc1cc(C)c(C)c(-c2ncc3c(C4CCC(F)(F)C4)cccc3[n+]2C)c1. The van der Waals surface area contributed by atoms with Crippen LogP contribution in [-0.2, 0) is 7.05 Å². The van der Waals surface area contributed by atoms with Gasteiger partial charge in [-0.05, 0) is 72.5 Å². The third-order valence-electron chi connectivity index (χ3n) is 6.01. The van der Waals surface area contributed by atoms with E-state index < -0.39 is 5.92 Å². The van der Waals surface area contributed by atoms with Gasteiger partial charge < -0.3 is 0 Å². The van der Waals surface area contributed by atoms with Gasteiger partial charge >= 0.3 is 5.82 Å². The van der Waals surface area contributed by atoms with Crippen molar-refractivity contribution in [2.75, 3.05) is 0 Å². The summed E-state index contributed by atoms with van der Waals surface area (Å²) in [6, 6.07) is 10.4. The highest BCUT2D eigenvalue weighted by atomic mass is 19.3. The Morgan fingerprint density at radius 3 is 2.63 bits per heavy atom. The minimum atomic E-state index is -2.54. The lowest BCUT2D eigenvalue weighted by atomic mass is 9.94. The Labute approximate surface area is 158 Å². The van der Waals surface area contributed by atoms with Crippen LogP contribution < -0.4 is 4.57 Å². The van der Waals surface area contributed by atoms with Crippen LogP contribution in [-0.4, -0.2) is 10.9 Å². The molecule has 2 aromatic carbocycles. The monoisotopic (exact) mass is 367 g/mol. The number of fused-ring (bicyclic) bond motifs is 1. The summed E-state index contributed by atoms with van der Waals surface area (Å²) in [5.41, 5.74) is 6.82. The Kier molecular flexibility index (Phi) is 4.25. The summed E-state index contributed by atoms with van der Waals surface area (Å²) in [6.45, 7) is 6.33. The Morgan fingerprint density at radius 1 is 1.15 bits per heavy atom. The number of aryl methyl sites for hydroxylation is 3. The van der Waals surface area contributed by atoms with Crippen molar-refractivity contribution in [3.05, 3.63) is 58.8 Å². The van der Waals surface area contributed by atoms with E-state index in [1.807, 2.05) is 25.4 Å². The molecule has 0 aliphatic heterocycles. The summed E-state index contributed by atoms with van der Waals surface area (Å²) in [4.78, 5) is 4.76. The fourth-order valence-corrected chi connectivity index (χ4v) is 4.42. The molecule has 0 amide bonds. The summed E-state index contributed by atoms with van der Waals surface area (Å²) in [7, 11) is 2.01. The van der Waals surface area contributed by atoms with Crippen molar-refractivity contribution >= 4 is 10.9 Å². The molecule has 0 N–H and O–H groups in total. The first-order valence-corrected chi connectivity index (χ1v) is 9.50. The molecule has 0 saturated heterocycles. The lowest BCUT2D eigenvalue weighted by Gasteiger charge is -2.14. The first-order chi connectivity index (χ1) is 12.8. The number of nitrogens with zero attached hydrogens (tertiary/aromatic N) is 2. The number of aromatic nitrogens is 2. The van der Waals surface area contributed by atoms with Gasteiger partial charge in [-0.2, -0.15) is 0 Å². The largest absolute Gasteiger partial charge is 0.330 e. The van der Waals surface area contributed by atoms with Crippen molar-refractivity contribution in [2.24, 2.45) is 7.05 Å². The minimum absolute atomic E-state index is 0.0204. The Hall–Kier alpha value is -2.36. The van der Waals surface area contributed by atoms with E-state index in [0.29, 0.717) is 6.42 Å². The fraction of sp³-hybridized carbons (Fsp3) is 0.391. The van der Waals surface area contributed by atoms with Crippen LogP contribution in [0.3, 0.4) is 0 Å². The lowest BCUT2D eigenvalue weighted by Crippen LogP contribution is -2.33. The zero-order valence-corrected chi connectivity index (χ0v) is 16.3. The maximum absolute atomic E-state index is 13.7. The van der Waals surface area contributed by atoms with Gasteiger partial charge in [0.1, 0.15) is 5.52 Å². The quantitative estimate of drug-likeness (QED) is 0.542. The molecular formula is C23H25F2N2+. The van der Waals surface area contributed by atoms with E-state index in [9.17, 15) is 8.78 Å². The number of alkyl halides is 2. The molecular weight excluding hydrogens is 342 g/mol. The summed E-state index contributed by atoms with van der Waals surface area (Å²) < 4.78 is 29.6. The van der Waals surface area contributed by atoms with E-state index in [4.69, 9.17) is 4.98 Å². The molecule has 4 heteroatoms. The number of benzene rings is 2. The highest BCUT2D eigenvalue weighted by molar-refractivity contribution is 5.80. The molecule has 1 atom stereocenters. The zero-order chi connectivity index (χ0) is 19.3. The summed E-state index contributed by atoms with van der Waals surface area (Å²) in [5, 5.41) is 0.980. The van der Waals surface area contributed by atoms with Gasteiger partial charge in [-0.1, -0.05) is 18.2 Å². The maximum Gasteiger partial charge on any atom is 0.330 e. The van der Waals surface area contributed by atoms with Crippen molar-refractivity contribution in [1.29, 1.82) is 0 Å². The Morgan fingerprint density at radius 2 is 1.93 bits per heavy atom. The number of hydrogen-bond donors (Lipinski definition) is 0. The predicted molar refractivity (Wildman–Crippen MR) is 104 cm³/mol. The maximum atomic E-state index is 13.7.